The first-order valence-electron chi connectivity index (χ1n) is 21.0. The number of nitrogens with two attached hydrogens (primary N) is 1. The summed E-state index contributed by atoms with van der Waals surface area (Å²) in [6.07, 6.45) is -0.264. The van der Waals surface area contributed by atoms with Gasteiger partial charge in [0, 0.05) is 35.0 Å². The van der Waals surface area contributed by atoms with E-state index in [9.17, 15) is 54.6 Å². The molecule has 0 radical (unpaired) electrons. The Labute approximate surface area is 428 Å². The van der Waals surface area contributed by atoms with Gasteiger partial charge in [-0.1, -0.05) is 90.8 Å². The molecule has 0 saturated heterocycles. The second-order valence-corrected chi connectivity index (χ2v) is 17.7. The molecule has 356 valence electrons. The number of aromatic hydroxyl groups is 1. The monoisotopic (exact) mass is 991 g/mol. The van der Waals surface area contributed by atoms with Gasteiger partial charge in [0.2, 0.25) is 5.78 Å². The number of hydrogen-bond acceptors (Lipinski definition) is 14. The SMILES string of the molecule is CN(C)[C@@H]1C(=O)C(C(N)=O)=C(O)[C@@]2(O)C(=O)C3=C(O)c4c(O)cccc4[C@@](C)(O)[C@H]3C[C@@H]12.COc1ccc2cc([C@H](C)C(=O)[O-])ccc2c1.O=C(O)Cc1ccccc1Nc1c(Cl)cccc1Cl.[Na+]. The van der Waals surface area contributed by atoms with Crippen molar-refractivity contribution in [3.05, 3.63) is 146 Å². The number of methoxy groups -OCH3 is 1. The van der Waals surface area contributed by atoms with Crippen molar-refractivity contribution >= 4 is 80.5 Å². The van der Waals surface area contributed by atoms with Gasteiger partial charge in [0.15, 0.2) is 11.4 Å². The number of aliphatic hydroxyl groups excluding tert-OH is 2. The number of nitrogens with one attached hydrogen (secondary N) is 1. The molecule has 3 aliphatic carbocycles. The quantitative estimate of drug-likeness (QED) is 0.0779. The Morgan fingerprint density at radius 1 is 0.913 bits per heavy atom. The van der Waals surface area contributed by atoms with Gasteiger partial charge >= 0.3 is 35.5 Å². The molecule has 0 bridgehead atoms. The number of halogens is 2. The van der Waals surface area contributed by atoms with Gasteiger partial charge in [-0.15, -0.1) is 0 Å². The minimum absolute atomic E-state index is 0. The molecule has 3 aliphatic rings. The van der Waals surface area contributed by atoms with E-state index in [4.69, 9.17) is 38.8 Å². The Morgan fingerprint density at radius 3 is 2.12 bits per heavy atom. The summed E-state index contributed by atoms with van der Waals surface area (Å²) in [6, 6.07) is 26.6. The van der Waals surface area contributed by atoms with Crippen LogP contribution >= 0.6 is 23.2 Å². The Balaban J connectivity index is 0.000000206. The number of aliphatic hydroxyl groups is 4. The van der Waals surface area contributed by atoms with Crippen molar-refractivity contribution in [2.75, 3.05) is 26.5 Å². The van der Waals surface area contributed by atoms with E-state index in [2.05, 4.69) is 5.32 Å². The van der Waals surface area contributed by atoms with Gasteiger partial charge in [-0.05, 0) is 91.3 Å². The number of aliphatic carboxylic acids is 2. The van der Waals surface area contributed by atoms with Gasteiger partial charge < -0.3 is 56.3 Å². The predicted octanol–water partition coefficient (Wildman–Crippen LogP) is 2.70. The number of carbonyl (C=O) groups is 5. The third-order valence-corrected chi connectivity index (χ3v) is 13.2. The van der Waals surface area contributed by atoms with Crippen LogP contribution in [0.5, 0.6) is 11.5 Å². The fraction of sp³-hybridized carbons (Fsp3) is 0.260. The number of anilines is 2. The molecule has 19 heteroatoms. The molecule has 1 amide bonds. The van der Waals surface area contributed by atoms with Crippen LogP contribution in [-0.4, -0.2) is 97.8 Å². The summed E-state index contributed by atoms with van der Waals surface area (Å²) in [6.45, 7) is 3.03. The predicted molar refractivity (Wildman–Crippen MR) is 252 cm³/mol. The number of ether oxygens (including phenoxy) is 1. The molecule has 5 aromatic carbocycles. The molecule has 1 fully saturated rings. The Morgan fingerprint density at radius 2 is 1.52 bits per heavy atom. The minimum atomic E-state index is -2.75. The number of carbonyl (C=O) groups excluding carboxylic acids is 4. The number of benzene rings is 5. The molecule has 1 saturated carbocycles. The van der Waals surface area contributed by atoms with Crippen LogP contribution in [0.1, 0.15) is 48.4 Å². The molecule has 9 N–H and O–H groups in total. The molecule has 16 nitrogen and oxygen atoms in total. The maximum atomic E-state index is 13.7. The number of rotatable bonds is 9. The number of primary amides is 1. The van der Waals surface area contributed by atoms with Crippen LogP contribution in [0.3, 0.4) is 0 Å². The van der Waals surface area contributed by atoms with Crippen molar-refractivity contribution in [2.45, 2.75) is 49.9 Å². The first kappa shape index (κ1) is 54.0. The van der Waals surface area contributed by atoms with Crippen molar-refractivity contribution in [2.24, 2.45) is 17.6 Å². The molecular weight excluding hydrogens is 944 g/mol. The number of phenolic OH excluding ortho intramolecular Hbond substituents is 1. The van der Waals surface area contributed by atoms with Crippen LogP contribution in [0.25, 0.3) is 16.5 Å². The summed E-state index contributed by atoms with van der Waals surface area (Å²) in [4.78, 5) is 61.6. The van der Waals surface area contributed by atoms with Gasteiger partial charge in [0.1, 0.15) is 28.6 Å². The van der Waals surface area contributed by atoms with Crippen LogP contribution < -0.4 is 50.5 Å². The number of ketones is 2. The zero-order valence-corrected chi connectivity index (χ0v) is 41.8. The normalized spacial score (nSPS) is 21.8. The maximum Gasteiger partial charge on any atom is 1.00 e. The number of carboxylic acid groups (broad SMARTS) is 2. The molecule has 0 aromatic heterocycles. The van der Waals surface area contributed by atoms with E-state index in [0.29, 0.717) is 27.0 Å². The summed E-state index contributed by atoms with van der Waals surface area (Å²) in [5.74, 6) is -9.65. The minimum Gasteiger partial charge on any atom is -0.550 e. The number of carboxylic acids is 2. The summed E-state index contributed by atoms with van der Waals surface area (Å²) in [5, 5.41) is 80.7. The number of nitrogens with zero attached hydrogens (tertiary/aromatic N) is 1. The molecule has 0 unspecified atom stereocenters. The number of likely N-dealkylation sites (N-methyl/N-ethyl adjacent to an activating group) is 1. The number of hydrogen-bond donors (Lipinski definition) is 8. The van der Waals surface area contributed by atoms with Crippen LogP contribution in [0.15, 0.2) is 114 Å². The van der Waals surface area contributed by atoms with E-state index in [1.807, 2.05) is 42.5 Å². The summed E-state index contributed by atoms with van der Waals surface area (Å²) in [5.41, 5.74) is 2.13. The second kappa shape index (κ2) is 21.4. The van der Waals surface area contributed by atoms with Crippen molar-refractivity contribution in [3.63, 3.8) is 0 Å². The van der Waals surface area contributed by atoms with Crippen LogP contribution in [0, 0.1) is 11.8 Å². The van der Waals surface area contributed by atoms with E-state index in [1.54, 1.807) is 50.4 Å². The maximum absolute atomic E-state index is 13.7. The van der Waals surface area contributed by atoms with Crippen molar-refractivity contribution in [3.8, 4) is 11.5 Å². The van der Waals surface area contributed by atoms with Gasteiger partial charge in [-0.3, -0.25) is 24.1 Å². The van der Waals surface area contributed by atoms with E-state index in [-0.39, 0.29) is 53.5 Å². The van der Waals surface area contributed by atoms with Crippen molar-refractivity contribution < 1.29 is 94.0 Å². The fourth-order valence-corrected chi connectivity index (χ4v) is 9.48. The molecular formula is C50H48Cl2N3NaO13. The Hall–Kier alpha value is -5.95. The summed E-state index contributed by atoms with van der Waals surface area (Å²) < 4.78 is 5.13. The topological polar surface area (TPSA) is 280 Å². The van der Waals surface area contributed by atoms with E-state index in [0.717, 1.165) is 22.1 Å². The molecule has 8 rings (SSSR count). The van der Waals surface area contributed by atoms with Crippen molar-refractivity contribution in [1.82, 2.24) is 4.90 Å². The van der Waals surface area contributed by atoms with Crippen LogP contribution in [-0.2, 0) is 36.0 Å². The average molecular weight is 993 g/mol. The number of Topliss-reactive ketones (excluding diaryl/α,β-unsaturated/α-hetero) is 2. The summed E-state index contributed by atoms with van der Waals surface area (Å²) in [7, 11) is 4.63. The van der Waals surface area contributed by atoms with Gasteiger partial charge in [-0.2, -0.15) is 0 Å². The van der Waals surface area contributed by atoms with Crippen LogP contribution in [0.4, 0.5) is 11.4 Å². The zero-order chi connectivity index (χ0) is 50.2. The largest absolute Gasteiger partial charge is 1.00 e. The molecule has 69 heavy (non-hydrogen) atoms. The molecule has 0 aliphatic heterocycles. The van der Waals surface area contributed by atoms with Crippen LogP contribution in [0.2, 0.25) is 10.0 Å². The third-order valence-electron chi connectivity index (χ3n) is 12.5. The number of phenols is 1. The standard InChI is InChI=1S/C22H24N2O8.C14H11Cl2NO2.C14H14O3.Na/c1-21(31)8-5-4-6-11(25)12(8)16(26)13-9(21)7-10-15(24(2)3)17(27)14(20(23)30)19(29)22(10,32)18(13)28;15-10-5-3-6-11(16)14(10)17-12-7-2-1-4-9(12)8-13(18)19;1-9(14(15)16)10-3-4-12-8-13(17-2)6-5-11(12)7-10;/h4-6,9-10,15,25-26,29,31-32H,7H2,1-3H3,(H2,23,30);1-7,17H,8H2,(H,18,19);3-9H,1-2H3,(H,15,16);/q;;;+1/p-1/t9-,10-,15-,21+,22-;;9-;/m0.0./s1. The number of fused-ring (bicyclic) bond motifs is 4. The average Bonchev–Trinajstić information content (AvgIpc) is 3.28. The molecule has 0 spiro atoms. The Kier molecular flexibility index (Phi) is 16.7. The van der Waals surface area contributed by atoms with Gasteiger partial charge in [0.05, 0.1) is 46.5 Å². The summed E-state index contributed by atoms with van der Waals surface area (Å²) >= 11 is 12.1. The fourth-order valence-electron chi connectivity index (χ4n) is 8.99. The van der Waals surface area contributed by atoms with Gasteiger partial charge in [-0.25, -0.2) is 0 Å². The van der Waals surface area contributed by atoms with E-state index >= 15 is 0 Å². The van der Waals surface area contributed by atoms with E-state index in [1.165, 1.54) is 44.1 Å². The second-order valence-electron chi connectivity index (χ2n) is 16.9. The molecule has 5 aromatic rings. The van der Waals surface area contributed by atoms with Gasteiger partial charge in [0.25, 0.3) is 5.91 Å². The zero-order valence-electron chi connectivity index (χ0n) is 38.3. The smallest absolute Gasteiger partial charge is 0.550 e. The first-order chi connectivity index (χ1) is 32.0. The molecule has 0 heterocycles. The van der Waals surface area contributed by atoms with E-state index < -0.39 is 92.8 Å². The number of amides is 1. The third kappa shape index (κ3) is 10.3. The molecule has 6 atom stereocenters. The number of para-hydroxylation sites is 2. The van der Waals surface area contributed by atoms with Crippen molar-refractivity contribution in [1.29, 1.82) is 0 Å². The Bertz CT molecular complexity index is 2920. The first-order valence-corrected chi connectivity index (χ1v) is 21.7.